The topological polar surface area (TPSA) is 240 Å². The summed E-state index contributed by atoms with van der Waals surface area (Å²) >= 11 is 0. The van der Waals surface area contributed by atoms with E-state index in [1.165, 1.54) is 26.0 Å². The zero-order valence-corrected chi connectivity index (χ0v) is 25.6. The molecular formula is C31H43N5O9. The highest BCUT2D eigenvalue weighted by Crippen LogP contribution is 2.12. The standard InChI is InChI=1S/C31H43N5O9/c1-16(2)24(34-30(43)26(18(4)38)35-27(40)22(32)14-20-10-12-21(39)13-11-20)28(41)36-25(17(3)37)29(42)33-23(31(44)45)15-19-8-6-5-7-9-19/h5-13,16-18,22-26,37-39H,14-15,32H2,1-4H3,(H,33,42)(H,34,43)(H,35,40)(H,36,41)(H,44,45)/t17-,18-,22+,23+,24+,25+,26+/m1/s1. The van der Waals surface area contributed by atoms with Gasteiger partial charge < -0.3 is 47.4 Å². The Hall–Kier alpha value is -4.53. The number of carboxylic acids is 1. The first kappa shape index (κ1) is 36.7. The highest BCUT2D eigenvalue weighted by molar-refractivity contribution is 5.96. The molecule has 0 heterocycles. The number of nitrogens with one attached hydrogen (secondary N) is 4. The number of carbonyl (C=O) groups is 5. The SMILES string of the molecule is CC(C)[C@H](NC(=O)[C@@H](NC(=O)[C@@H](N)Cc1ccc(O)cc1)[C@@H](C)O)C(=O)N[C@H](C(=O)N[C@@H](Cc1ccccc1)C(=O)O)[C@@H](C)O. The van der Waals surface area contributed by atoms with Crippen molar-refractivity contribution in [1.29, 1.82) is 0 Å². The monoisotopic (exact) mass is 629 g/mol. The zero-order valence-electron chi connectivity index (χ0n) is 25.6. The third-order valence-electron chi connectivity index (χ3n) is 7.00. The Bertz CT molecular complexity index is 1300. The zero-order chi connectivity index (χ0) is 33.8. The van der Waals surface area contributed by atoms with Crippen LogP contribution in [0.25, 0.3) is 0 Å². The van der Waals surface area contributed by atoms with Gasteiger partial charge >= 0.3 is 5.97 Å². The smallest absolute Gasteiger partial charge is 0.326 e. The highest BCUT2D eigenvalue weighted by Gasteiger charge is 2.35. The number of aliphatic hydroxyl groups is 2. The van der Waals surface area contributed by atoms with Crippen LogP contribution in [0, 0.1) is 5.92 Å². The van der Waals surface area contributed by atoms with Crippen LogP contribution in [0.5, 0.6) is 5.75 Å². The Morgan fingerprint density at radius 3 is 1.58 bits per heavy atom. The van der Waals surface area contributed by atoms with E-state index in [2.05, 4.69) is 21.3 Å². The summed E-state index contributed by atoms with van der Waals surface area (Å²) in [5.41, 5.74) is 7.29. The summed E-state index contributed by atoms with van der Waals surface area (Å²) < 4.78 is 0. The molecule has 0 aliphatic carbocycles. The molecule has 0 unspecified atom stereocenters. The van der Waals surface area contributed by atoms with Crippen molar-refractivity contribution in [2.24, 2.45) is 11.7 Å². The number of aliphatic hydroxyl groups excluding tert-OH is 2. The Kier molecular flexibility index (Phi) is 13.9. The molecular weight excluding hydrogens is 586 g/mol. The second-order valence-corrected chi connectivity index (χ2v) is 11.3. The van der Waals surface area contributed by atoms with Crippen LogP contribution in [-0.4, -0.2) is 92.4 Å². The molecule has 10 N–H and O–H groups in total. The molecule has 0 aromatic heterocycles. The molecule has 0 saturated carbocycles. The van der Waals surface area contributed by atoms with Gasteiger partial charge in [0.1, 0.15) is 29.9 Å². The maximum absolute atomic E-state index is 13.3. The largest absolute Gasteiger partial charge is 0.508 e. The molecule has 0 spiro atoms. The summed E-state index contributed by atoms with van der Waals surface area (Å²) in [6.07, 6.45) is -2.80. The summed E-state index contributed by atoms with van der Waals surface area (Å²) in [6.45, 7) is 5.71. The number of rotatable bonds is 16. The molecule has 0 saturated heterocycles. The number of nitrogens with two attached hydrogens (primary N) is 1. The molecule has 2 aromatic rings. The number of amides is 4. The predicted octanol–water partition coefficient (Wildman–Crippen LogP) is -1.05. The second kappa shape index (κ2) is 17.1. The van der Waals surface area contributed by atoms with E-state index in [-0.39, 0.29) is 18.6 Å². The van der Waals surface area contributed by atoms with Crippen molar-refractivity contribution in [1.82, 2.24) is 21.3 Å². The van der Waals surface area contributed by atoms with Crippen molar-refractivity contribution in [2.75, 3.05) is 0 Å². The molecule has 45 heavy (non-hydrogen) atoms. The van der Waals surface area contributed by atoms with E-state index in [1.54, 1.807) is 56.3 Å². The number of hydrogen-bond acceptors (Lipinski definition) is 9. The fourth-order valence-electron chi connectivity index (χ4n) is 4.38. The van der Waals surface area contributed by atoms with Gasteiger partial charge in [-0.3, -0.25) is 19.2 Å². The van der Waals surface area contributed by atoms with Crippen LogP contribution in [0.4, 0.5) is 0 Å². The maximum atomic E-state index is 13.3. The van der Waals surface area contributed by atoms with Gasteiger partial charge in [0.2, 0.25) is 23.6 Å². The van der Waals surface area contributed by atoms with Crippen LogP contribution in [0.1, 0.15) is 38.8 Å². The predicted molar refractivity (Wildman–Crippen MR) is 163 cm³/mol. The lowest BCUT2D eigenvalue weighted by molar-refractivity contribution is -0.143. The Labute approximate surface area is 261 Å². The summed E-state index contributed by atoms with van der Waals surface area (Å²) in [7, 11) is 0. The summed E-state index contributed by atoms with van der Waals surface area (Å²) in [6, 6.07) is 7.80. The van der Waals surface area contributed by atoms with E-state index in [0.717, 1.165) is 0 Å². The minimum Gasteiger partial charge on any atom is -0.508 e. The lowest BCUT2D eigenvalue weighted by Crippen LogP contribution is -2.62. The lowest BCUT2D eigenvalue weighted by Gasteiger charge is -2.29. The lowest BCUT2D eigenvalue weighted by atomic mass is 10.0. The van der Waals surface area contributed by atoms with Crippen LogP contribution in [-0.2, 0) is 36.8 Å². The number of hydrogen-bond donors (Lipinski definition) is 9. The third kappa shape index (κ3) is 11.5. The van der Waals surface area contributed by atoms with Gasteiger partial charge in [0.25, 0.3) is 0 Å². The van der Waals surface area contributed by atoms with Crippen LogP contribution < -0.4 is 27.0 Å². The average Bonchev–Trinajstić information content (AvgIpc) is 2.97. The molecule has 14 nitrogen and oxygen atoms in total. The fraction of sp³-hybridized carbons (Fsp3) is 0.452. The Morgan fingerprint density at radius 1 is 0.644 bits per heavy atom. The molecule has 0 fully saturated rings. The number of carbonyl (C=O) groups excluding carboxylic acids is 4. The van der Waals surface area contributed by atoms with Gasteiger partial charge in [-0.1, -0.05) is 56.3 Å². The van der Waals surface area contributed by atoms with Crippen LogP contribution in [0.3, 0.4) is 0 Å². The minimum absolute atomic E-state index is 0.0410. The molecule has 4 amide bonds. The first-order valence-corrected chi connectivity index (χ1v) is 14.5. The number of carboxylic acid groups (broad SMARTS) is 1. The van der Waals surface area contributed by atoms with Crippen LogP contribution in [0.2, 0.25) is 0 Å². The molecule has 0 aliphatic heterocycles. The van der Waals surface area contributed by atoms with Gasteiger partial charge in [-0.15, -0.1) is 0 Å². The quantitative estimate of drug-likeness (QED) is 0.109. The molecule has 0 bridgehead atoms. The first-order valence-electron chi connectivity index (χ1n) is 14.5. The van der Waals surface area contributed by atoms with Gasteiger partial charge in [0.15, 0.2) is 0 Å². The van der Waals surface area contributed by atoms with E-state index < -0.39 is 77.9 Å². The van der Waals surface area contributed by atoms with E-state index in [1.807, 2.05) is 0 Å². The van der Waals surface area contributed by atoms with E-state index >= 15 is 0 Å². The number of phenolic OH excluding ortho intramolecular Hbond substituents is 1. The van der Waals surface area contributed by atoms with Gasteiger partial charge in [-0.2, -0.15) is 0 Å². The third-order valence-corrected chi connectivity index (χ3v) is 7.00. The number of aliphatic carboxylic acids is 1. The van der Waals surface area contributed by atoms with Gasteiger partial charge in [0, 0.05) is 6.42 Å². The van der Waals surface area contributed by atoms with Crippen molar-refractivity contribution in [3.8, 4) is 5.75 Å². The van der Waals surface area contributed by atoms with E-state index in [4.69, 9.17) is 5.73 Å². The Morgan fingerprint density at radius 2 is 1.09 bits per heavy atom. The molecule has 2 aromatic carbocycles. The first-order chi connectivity index (χ1) is 21.1. The molecule has 14 heteroatoms. The molecule has 2 rings (SSSR count). The average molecular weight is 630 g/mol. The number of phenols is 1. The van der Waals surface area contributed by atoms with Crippen molar-refractivity contribution >= 4 is 29.6 Å². The molecule has 0 radical (unpaired) electrons. The highest BCUT2D eigenvalue weighted by atomic mass is 16.4. The summed E-state index contributed by atoms with van der Waals surface area (Å²) in [4.78, 5) is 64.1. The normalized spacial score (nSPS) is 15.8. The summed E-state index contributed by atoms with van der Waals surface area (Å²) in [5.74, 6) is -5.30. The van der Waals surface area contributed by atoms with E-state index in [9.17, 15) is 44.4 Å². The van der Waals surface area contributed by atoms with Gasteiger partial charge in [0.05, 0.1) is 18.2 Å². The van der Waals surface area contributed by atoms with Crippen molar-refractivity contribution < 1.29 is 44.4 Å². The van der Waals surface area contributed by atoms with Gasteiger partial charge in [-0.05, 0) is 49.4 Å². The fourth-order valence-corrected chi connectivity index (χ4v) is 4.38. The van der Waals surface area contributed by atoms with Crippen molar-refractivity contribution in [2.45, 2.75) is 83.0 Å². The summed E-state index contributed by atoms with van der Waals surface area (Å²) in [5, 5.41) is 49.2. The minimum atomic E-state index is -1.57. The van der Waals surface area contributed by atoms with Crippen LogP contribution in [0.15, 0.2) is 54.6 Å². The number of benzene rings is 2. The van der Waals surface area contributed by atoms with Crippen molar-refractivity contribution in [3.05, 3.63) is 65.7 Å². The van der Waals surface area contributed by atoms with E-state index in [0.29, 0.717) is 11.1 Å². The second-order valence-electron chi connectivity index (χ2n) is 11.3. The van der Waals surface area contributed by atoms with Gasteiger partial charge in [-0.25, -0.2) is 4.79 Å². The van der Waals surface area contributed by atoms with Crippen molar-refractivity contribution in [3.63, 3.8) is 0 Å². The Balaban J connectivity index is 2.11. The molecule has 0 aliphatic rings. The number of aromatic hydroxyl groups is 1. The van der Waals surface area contributed by atoms with Crippen LogP contribution >= 0.6 is 0 Å². The molecule has 7 atom stereocenters. The maximum Gasteiger partial charge on any atom is 0.326 e. The molecule has 246 valence electrons.